The Labute approximate surface area is 126 Å². The van der Waals surface area contributed by atoms with Crippen LogP contribution in [0.15, 0.2) is 24.3 Å². The summed E-state index contributed by atoms with van der Waals surface area (Å²) in [6.45, 7) is 2.39. The lowest BCUT2D eigenvalue weighted by Crippen LogP contribution is -2.43. The van der Waals surface area contributed by atoms with Gasteiger partial charge in [-0.15, -0.1) is 0 Å². The Morgan fingerprint density at radius 1 is 1.33 bits per heavy atom. The average Bonchev–Trinajstić information content (AvgIpc) is 2.96. The van der Waals surface area contributed by atoms with E-state index < -0.39 is 0 Å². The second kappa shape index (κ2) is 6.34. The van der Waals surface area contributed by atoms with Crippen LogP contribution in [0.2, 0.25) is 0 Å². The molecule has 21 heavy (non-hydrogen) atoms. The minimum Gasteiger partial charge on any atom is -0.496 e. The number of para-hydroxylation sites is 1. The third-order valence-corrected chi connectivity index (χ3v) is 4.85. The van der Waals surface area contributed by atoms with Crippen LogP contribution < -0.4 is 10.1 Å². The predicted octanol–water partition coefficient (Wildman–Crippen LogP) is 2.54. The Hall–Kier alpha value is -1.10. The van der Waals surface area contributed by atoms with E-state index in [4.69, 9.17) is 14.2 Å². The molecule has 116 valence electrons. The molecular formula is C17H25NO3. The average molecular weight is 291 g/mol. The molecule has 4 heteroatoms. The molecule has 0 saturated carbocycles. The molecule has 4 nitrogen and oxygen atoms in total. The fourth-order valence-electron chi connectivity index (χ4n) is 3.78. The zero-order valence-electron chi connectivity index (χ0n) is 12.9. The summed E-state index contributed by atoms with van der Waals surface area (Å²) < 4.78 is 17.2. The van der Waals surface area contributed by atoms with E-state index in [1.807, 2.05) is 19.2 Å². The molecule has 2 fully saturated rings. The van der Waals surface area contributed by atoms with Gasteiger partial charge in [-0.25, -0.2) is 0 Å². The molecule has 0 bridgehead atoms. The van der Waals surface area contributed by atoms with Crippen molar-refractivity contribution in [3.63, 3.8) is 0 Å². The zero-order chi connectivity index (χ0) is 14.7. The second-order valence-electron chi connectivity index (χ2n) is 6.10. The fourth-order valence-corrected chi connectivity index (χ4v) is 3.78. The number of ether oxygens (including phenoxy) is 3. The van der Waals surface area contributed by atoms with Gasteiger partial charge in [-0.1, -0.05) is 18.2 Å². The Balaban J connectivity index is 1.82. The topological polar surface area (TPSA) is 39.7 Å². The normalized spacial score (nSPS) is 30.5. The predicted molar refractivity (Wildman–Crippen MR) is 81.6 cm³/mol. The van der Waals surface area contributed by atoms with E-state index in [2.05, 4.69) is 17.4 Å². The van der Waals surface area contributed by atoms with Crippen LogP contribution in [-0.2, 0) is 9.47 Å². The summed E-state index contributed by atoms with van der Waals surface area (Å²) in [4.78, 5) is 0. The first-order valence-corrected chi connectivity index (χ1v) is 7.80. The van der Waals surface area contributed by atoms with Gasteiger partial charge in [0.2, 0.25) is 0 Å². The fraction of sp³-hybridized carbons (Fsp3) is 0.647. The Morgan fingerprint density at radius 3 is 2.90 bits per heavy atom. The van der Waals surface area contributed by atoms with E-state index in [0.717, 1.165) is 44.8 Å². The minimum absolute atomic E-state index is 0.0555. The van der Waals surface area contributed by atoms with E-state index in [0.29, 0.717) is 12.0 Å². The van der Waals surface area contributed by atoms with Crippen molar-refractivity contribution in [1.29, 1.82) is 0 Å². The van der Waals surface area contributed by atoms with E-state index in [9.17, 15) is 0 Å². The molecule has 2 aliphatic heterocycles. The molecule has 0 radical (unpaired) electrons. The number of nitrogens with one attached hydrogen (secondary N) is 1. The Bertz CT molecular complexity index is 471. The lowest BCUT2D eigenvalue weighted by atomic mass is 9.79. The van der Waals surface area contributed by atoms with E-state index in [1.54, 1.807) is 7.11 Å². The van der Waals surface area contributed by atoms with Gasteiger partial charge in [0.05, 0.1) is 19.3 Å². The number of methoxy groups -OCH3 is 1. The van der Waals surface area contributed by atoms with Crippen LogP contribution in [0.5, 0.6) is 5.75 Å². The van der Waals surface area contributed by atoms with Crippen molar-refractivity contribution in [1.82, 2.24) is 5.32 Å². The second-order valence-corrected chi connectivity index (χ2v) is 6.10. The number of hydrogen-bond acceptors (Lipinski definition) is 4. The van der Waals surface area contributed by atoms with E-state index >= 15 is 0 Å². The Morgan fingerprint density at radius 2 is 2.19 bits per heavy atom. The molecule has 3 atom stereocenters. The molecule has 1 aromatic rings. The molecule has 2 heterocycles. The van der Waals surface area contributed by atoms with Crippen LogP contribution in [-0.4, -0.2) is 39.6 Å². The van der Waals surface area contributed by atoms with Gasteiger partial charge in [0, 0.05) is 31.2 Å². The molecule has 2 aliphatic rings. The number of rotatable bonds is 4. The Kier molecular flexibility index (Phi) is 4.48. The first kappa shape index (κ1) is 14.8. The third kappa shape index (κ3) is 2.93. The summed E-state index contributed by atoms with van der Waals surface area (Å²) in [5, 5.41) is 3.49. The first-order valence-electron chi connectivity index (χ1n) is 7.80. The highest BCUT2D eigenvalue weighted by Crippen LogP contribution is 2.42. The smallest absolute Gasteiger partial charge is 0.123 e. The van der Waals surface area contributed by atoms with Crippen LogP contribution in [0.3, 0.4) is 0 Å². The molecule has 0 aliphatic carbocycles. The van der Waals surface area contributed by atoms with Crippen LogP contribution in [0.1, 0.15) is 30.9 Å². The SMILES string of the molecule is CNC(c1ccccc1OC)C1CCOC2(CCOC2)C1. The van der Waals surface area contributed by atoms with E-state index in [1.165, 1.54) is 5.56 Å². The molecule has 1 aromatic carbocycles. The number of benzene rings is 1. The minimum atomic E-state index is -0.0555. The van der Waals surface area contributed by atoms with Gasteiger partial charge in [0.1, 0.15) is 5.75 Å². The third-order valence-electron chi connectivity index (χ3n) is 4.85. The van der Waals surface area contributed by atoms with Gasteiger partial charge in [0.25, 0.3) is 0 Å². The maximum atomic E-state index is 6.06. The maximum Gasteiger partial charge on any atom is 0.123 e. The van der Waals surface area contributed by atoms with Gasteiger partial charge in [-0.2, -0.15) is 0 Å². The van der Waals surface area contributed by atoms with Crippen molar-refractivity contribution in [2.75, 3.05) is 34.0 Å². The van der Waals surface area contributed by atoms with Crippen molar-refractivity contribution in [2.24, 2.45) is 5.92 Å². The standard InChI is InChI=1S/C17H25NO3/c1-18-16(14-5-3-4-6-15(14)19-2)13-7-9-21-17(11-13)8-10-20-12-17/h3-6,13,16,18H,7-12H2,1-2H3. The lowest BCUT2D eigenvalue weighted by Gasteiger charge is -2.40. The molecule has 0 aromatic heterocycles. The van der Waals surface area contributed by atoms with Gasteiger partial charge in [0.15, 0.2) is 0 Å². The molecule has 3 rings (SSSR count). The summed E-state index contributed by atoms with van der Waals surface area (Å²) in [5.41, 5.74) is 1.18. The molecule has 1 N–H and O–H groups in total. The highest BCUT2D eigenvalue weighted by atomic mass is 16.6. The van der Waals surface area contributed by atoms with Gasteiger partial charge in [-0.05, 0) is 31.9 Å². The maximum absolute atomic E-state index is 6.06. The monoisotopic (exact) mass is 291 g/mol. The summed E-state index contributed by atoms with van der Waals surface area (Å²) >= 11 is 0. The molecule has 3 unspecified atom stereocenters. The quantitative estimate of drug-likeness (QED) is 0.925. The number of hydrogen-bond donors (Lipinski definition) is 1. The highest BCUT2D eigenvalue weighted by molar-refractivity contribution is 5.36. The van der Waals surface area contributed by atoms with Crippen LogP contribution >= 0.6 is 0 Å². The van der Waals surface area contributed by atoms with Crippen LogP contribution in [0.25, 0.3) is 0 Å². The van der Waals surface area contributed by atoms with Crippen molar-refractivity contribution in [3.8, 4) is 5.75 Å². The summed E-state index contributed by atoms with van der Waals surface area (Å²) in [6, 6.07) is 8.59. The van der Waals surface area contributed by atoms with Gasteiger partial charge < -0.3 is 19.5 Å². The molecule has 1 spiro atoms. The van der Waals surface area contributed by atoms with Crippen LogP contribution in [0, 0.1) is 5.92 Å². The van der Waals surface area contributed by atoms with Gasteiger partial charge in [-0.3, -0.25) is 0 Å². The summed E-state index contributed by atoms with van der Waals surface area (Å²) in [6.07, 6.45) is 3.15. The van der Waals surface area contributed by atoms with Crippen molar-refractivity contribution >= 4 is 0 Å². The van der Waals surface area contributed by atoms with Crippen molar-refractivity contribution in [3.05, 3.63) is 29.8 Å². The van der Waals surface area contributed by atoms with Gasteiger partial charge >= 0.3 is 0 Å². The van der Waals surface area contributed by atoms with Crippen LogP contribution in [0.4, 0.5) is 0 Å². The largest absolute Gasteiger partial charge is 0.496 e. The lowest BCUT2D eigenvalue weighted by molar-refractivity contribution is -0.103. The zero-order valence-corrected chi connectivity index (χ0v) is 12.9. The molecule has 0 amide bonds. The first-order chi connectivity index (χ1) is 10.3. The summed E-state index contributed by atoms with van der Waals surface area (Å²) in [5.74, 6) is 1.50. The molecular weight excluding hydrogens is 266 g/mol. The van der Waals surface area contributed by atoms with Crippen molar-refractivity contribution < 1.29 is 14.2 Å². The van der Waals surface area contributed by atoms with Crippen molar-refractivity contribution in [2.45, 2.75) is 30.9 Å². The van der Waals surface area contributed by atoms with E-state index in [-0.39, 0.29) is 5.60 Å². The highest BCUT2D eigenvalue weighted by Gasteiger charge is 2.43. The molecule has 2 saturated heterocycles. The summed E-state index contributed by atoms with van der Waals surface area (Å²) in [7, 11) is 3.77.